The lowest BCUT2D eigenvalue weighted by atomic mass is 10.0. The maximum atomic E-state index is 12.1. The largest absolute Gasteiger partial charge is 0.485 e. The number of hydrogen-bond donors (Lipinski definition) is 2. The van der Waals surface area contributed by atoms with Gasteiger partial charge in [0.05, 0.1) is 0 Å². The van der Waals surface area contributed by atoms with Gasteiger partial charge in [-0.25, -0.2) is 0 Å². The van der Waals surface area contributed by atoms with Crippen LogP contribution in [0.4, 0.5) is 0 Å². The van der Waals surface area contributed by atoms with Crippen LogP contribution < -0.4 is 25.1 Å². The standard InChI is InChI=1S/C20H22N2O5/c1-13(2)14-6-5-7-15(10-14)25-12-19(23)21-22-20(24)18-11-26-16-8-3-4-9-17(16)27-18/h3-10,13,18H,11-12H2,1-2H3,(H,21,23)(H,22,24). The molecule has 3 rings (SSSR count). The molecule has 0 saturated heterocycles. The van der Waals surface area contributed by atoms with Crippen molar-refractivity contribution in [3.63, 3.8) is 0 Å². The molecule has 27 heavy (non-hydrogen) atoms. The minimum Gasteiger partial charge on any atom is -0.485 e. The zero-order valence-electron chi connectivity index (χ0n) is 15.2. The minimum atomic E-state index is -0.844. The van der Waals surface area contributed by atoms with Crippen LogP contribution in [0.2, 0.25) is 0 Å². The number of hydrogen-bond acceptors (Lipinski definition) is 5. The van der Waals surface area contributed by atoms with Crippen LogP contribution in [0.5, 0.6) is 17.2 Å². The molecule has 142 valence electrons. The van der Waals surface area contributed by atoms with Crippen LogP contribution in [-0.2, 0) is 9.59 Å². The Balaban J connectivity index is 1.44. The Labute approximate surface area is 157 Å². The van der Waals surface area contributed by atoms with Crippen LogP contribution in [0.15, 0.2) is 48.5 Å². The molecule has 0 saturated carbocycles. The van der Waals surface area contributed by atoms with Crippen molar-refractivity contribution in [2.24, 2.45) is 0 Å². The van der Waals surface area contributed by atoms with E-state index in [9.17, 15) is 9.59 Å². The quantitative estimate of drug-likeness (QED) is 0.788. The summed E-state index contributed by atoms with van der Waals surface area (Å²) in [6.45, 7) is 4.01. The highest BCUT2D eigenvalue weighted by Crippen LogP contribution is 2.30. The van der Waals surface area contributed by atoms with Gasteiger partial charge in [0.1, 0.15) is 12.4 Å². The molecule has 0 spiro atoms. The zero-order valence-corrected chi connectivity index (χ0v) is 15.2. The number of para-hydroxylation sites is 2. The first-order valence-corrected chi connectivity index (χ1v) is 8.73. The molecule has 1 aliphatic heterocycles. The van der Waals surface area contributed by atoms with E-state index in [2.05, 4.69) is 24.7 Å². The van der Waals surface area contributed by atoms with E-state index in [1.165, 1.54) is 0 Å². The molecule has 0 radical (unpaired) electrons. The van der Waals surface area contributed by atoms with E-state index in [1.54, 1.807) is 24.3 Å². The fourth-order valence-corrected chi connectivity index (χ4v) is 2.51. The van der Waals surface area contributed by atoms with Crippen LogP contribution >= 0.6 is 0 Å². The Hall–Kier alpha value is -3.22. The van der Waals surface area contributed by atoms with E-state index in [-0.39, 0.29) is 13.2 Å². The van der Waals surface area contributed by atoms with Crippen molar-refractivity contribution in [2.45, 2.75) is 25.9 Å². The molecule has 0 fully saturated rings. The molecular weight excluding hydrogens is 348 g/mol. The van der Waals surface area contributed by atoms with E-state index in [4.69, 9.17) is 14.2 Å². The molecule has 2 aromatic rings. The number of amides is 2. The molecule has 1 atom stereocenters. The lowest BCUT2D eigenvalue weighted by Gasteiger charge is -2.25. The lowest BCUT2D eigenvalue weighted by molar-refractivity contribution is -0.135. The van der Waals surface area contributed by atoms with Crippen molar-refractivity contribution in [1.82, 2.24) is 10.9 Å². The van der Waals surface area contributed by atoms with Crippen molar-refractivity contribution in [3.05, 3.63) is 54.1 Å². The molecule has 7 heteroatoms. The summed E-state index contributed by atoms with van der Waals surface area (Å²) in [7, 11) is 0. The highest BCUT2D eigenvalue weighted by atomic mass is 16.6. The average Bonchev–Trinajstić information content (AvgIpc) is 2.70. The van der Waals surface area contributed by atoms with Crippen molar-refractivity contribution in [2.75, 3.05) is 13.2 Å². The normalized spacial score (nSPS) is 15.1. The van der Waals surface area contributed by atoms with Gasteiger partial charge in [-0.05, 0) is 35.7 Å². The van der Waals surface area contributed by atoms with Crippen LogP contribution in [-0.4, -0.2) is 31.1 Å². The third-order valence-corrected chi connectivity index (χ3v) is 4.02. The molecule has 0 aromatic heterocycles. The second-order valence-electron chi connectivity index (χ2n) is 6.42. The van der Waals surface area contributed by atoms with Gasteiger partial charge >= 0.3 is 0 Å². The maximum Gasteiger partial charge on any atom is 0.283 e. The van der Waals surface area contributed by atoms with E-state index >= 15 is 0 Å². The van der Waals surface area contributed by atoms with Crippen molar-refractivity contribution in [3.8, 4) is 17.2 Å². The Morgan fingerprint density at radius 1 is 1.11 bits per heavy atom. The SMILES string of the molecule is CC(C)c1cccc(OCC(=O)NNC(=O)C2COc3ccccc3O2)c1. The smallest absolute Gasteiger partial charge is 0.283 e. The number of rotatable bonds is 5. The predicted octanol–water partition coefficient (Wildman–Crippen LogP) is 2.18. The van der Waals surface area contributed by atoms with Gasteiger partial charge in [0, 0.05) is 0 Å². The van der Waals surface area contributed by atoms with Crippen LogP contribution in [0, 0.1) is 0 Å². The number of nitrogens with one attached hydrogen (secondary N) is 2. The first-order valence-electron chi connectivity index (χ1n) is 8.73. The highest BCUT2D eigenvalue weighted by molar-refractivity contribution is 5.85. The zero-order chi connectivity index (χ0) is 19.2. The fraction of sp³-hybridized carbons (Fsp3) is 0.300. The summed E-state index contributed by atoms with van der Waals surface area (Å²) in [5.41, 5.74) is 5.76. The molecule has 7 nitrogen and oxygen atoms in total. The topological polar surface area (TPSA) is 85.9 Å². The maximum absolute atomic E-state index is 12.1. The van der Waals surface area contributed by atoms with Gasteiger partial charge < -0.3 is 14.2 Å². The number of fused-ring (bicyclic) bond motifs is 1. The number of benzene rings is 2. The molecule has 2 N–H and O–H groups in total. The van der Waals surface area contributed by atoms with E-state index in [0.717, 1.165) is 5.56 Å². The van der Waals surface area contributed by atoms with Crippen LogP contribution in [0.25, 0.3) is 0 Å². The molecule has 0 aliphatic carbocycles. The van der Waals surface area contributed by atoms with Crippen LogP contribution in [0.1, 0.15) is 25.3 Å². The van der Waals surface area contributed by atoms with Crippen molar-refractivity contribution in [1.29, 1.82) is 0 Å². The molecule has 1 unspecified atom stereocenters. The Morgan fingerprint density at radius 2 is 1.89 bits per heavy atom. The van der Waals surface area contributed by atoms with Gasteiger partial charge in [-0.1, -0.05) is 38.1 Å². The highest BCUT2D eigenvalue weighted by Gasteiger charge is 2.27. The summed E-state index contributed by atoms with van der Waals surface area (Å²) in [5, 5.41) is 0. The fourth-order valence-electron chi connectivity index (χ4n) is 2.51. The number of ether oxygens (including phenoxy) is 3. The molecule has 1 heterocycles. The molecule has 2 aromatic carbocycles. The Kier molecular flexibility index (Phi) is 5.80. The van der Waals surface area contributed by atoms with Gasteiger partial charge in [-0.3, -0.25) is 20.4 Å². The van der Waals surface area contributed by atoms with Gasteiger partial charge in [0.15, 0.2) is 18.1 Å². The molecular formula is C20H22N2O5. The molecule has 1 aliphatic rings. The second-order valence-corrected chi connectivity index (χ2v) is 6.42. The molecule has 2 amide bonds. The van der Waals surface area contributed by atoms with Gasteiger partial charge in [-0.15, -0.1) is 0 Å². The average molecular weight is 370 g/mol. The Morgan fingerprint density at radius 3 is 2.67 bits per heavy atom. The number of carbonyl (C=O) groups is 2. The van der Waals surface area contributed by atoms with Gasteiger partial charge in [0.25, 0.3) is 11.8 Å². The van der Waals surface area contributed by atoms with Gasteiger partial charge in [-0.2, -0.15) is 0 Å². The summed E-state index contributed by atoms with van der Waals surface area (Å²) >= 11 is 0. The first-order chi connectivity index (χ1) is 13.0. The number of hydrazine groups is 1. The van der Waals surface area contributed by atoms with Crippen molar-refractivity contribution < 1.29 is 23.8 Å². The summed E-state index contributed by atoms with van der Waals surface area (Å²) in [6, 6.07) is 14.6. The predicted molar refractivity (Wildman–Crippen MR) is 98.7 cm³/mol. The third kappa shape index (κ3) is 4.91. The van der Waals surface area contributed by atoms with E-state index in [0.29, 0.717) is 23.2 Å². The monoisotopic (exact) mass is 370 g/mol. The Bertz CT molecular complexity index is 822. The summed E-state index contributed by atoms with van der Waals surface area (Å²) in [5.74, 6) is 1.06. The van der Waals surface area contributed by atoms with Gasteiger partial charge in [0.2, 0.25) is 6.10 Å². The summed E-state index contributed by atoms with van der Waals surface area (Å²) in [4.78, 5) is 24.0. The van der Waals surface area contributed by atoms with Crippen LogP contribution in [0.3, 0.4) is 0 Å². The van der Waals surface area contributed by atoms with Crippen molar-refractivity contribution >= 4 is 11.8 Å². The summed E-state index contributed by atoms with van der Waals surface area (Å²) < 4.78 is 16.5. The van der Waals surface area contributed by atoms with E-state index in [1.807, 2.05) is 24.3 Å². The first kappa shape index (κ1) is 18.6. The lowest BCUT2D eigenvalue weighted by Crippen LogP contribution is -2.51. The minimum absolute atomic E-state index is 0.0667. The summed E-state index contributed by atoms with van der Waals surface area (Å²) in [6.07, 6.45) is -0.844. The third-order valence-electron chi connectivity index (χ3n) is 4.02. The second kappa shape index (κ2) is 8.44. The molecule has 0 bridgehead atoms. The number of carbonyl (C=O) groups excluding carboxylic acids is 2. The van der Waals surface area contributed by atoms with E-state index < -0.39 is 17.9 Å².